The van der Waals surface area contributed by atoms with Gasteiger partial charge in [0.15, 0.2) is 0 Å². The summed E-state index contributed by atoms with van der Waals surface area (Å²) in [6.45, 7) is 6.97. The number of hydrogen-bond donors (Lipinski definition) is 1. The van der Waals surface area contributed by atoms with Gasteiger partial charge in [0.25, 0.3) is 5.69 Å². The zero-order valence-corrected chi connectivity index (χ0v) is 12.9. The van der Waals surface area contributed by atoms with E-state index in [0.717, 1.165) is 0 Å². The first-order chi connectivity index (χ1) is 9.91. The van der Waals surface area contributed by atoms with E-state index >= 15 is 0 Å². The van der Waals surface area contributed by atoms with Gasteiger partial charge >= 0.3 is 0 Å². The molecule has 0 amide bonds. The minimum atomic E-state index is -0.600. The molecule has 1 aromatic carbocycles. The molecule has 0 saturated heterocycles. The monoisotopic (exact) mass is 294 g/mol. The van der Waals surface area contributed by atoms with Crippen molar-refractivity contribution in [2.45, 2.75) is 46.7 Å². The molecule has 1 atom stereocenters. The zero-order valence-electron chi connectivity index (χ0n) is 12.9. The van der Waals surface area contributed by atoms with E-state index in [-0.39, 0.29) is 30.2 Å². The van der Waals surface area contributed by atoms with Crippen LogP contribution >= 0.6 is 0 Å². The Bertz CT molecular complexity index is 500. The Hall–Kier alpha value is -2.08. The molecule has 0 spiro atoms. The van der Waals surface area contributed by atoms with Crippen molar-refractivity contribution < 1.29 is 14.5 Å². The fourth-order valence-electron chi connectivity index (χ4n) is 1.72. The minimum Gasteiger partial charge on any atom is -0.303 e. The van der Waals surface area contributed by atoms with Crippen LogP contribution < -0.4 is 5.32 Å². The zero-order chi connectivity index (χ0) is 16.4. The highest BCUT2D eigenvalue weighted by molar-refractivity contribution is 5.88. The van der Waals surface area contributed by atoms with E-state index in [1.807, 2.05) is 13.8 Å². The van der Waals surface area contributed by atoms with Crippen molar-refractivity contribution in [3.8, 4) is 0 Å². The number of carbonyl (C=O) groups is 2. The van der Waals surface area contributed by atoms with Gasteiger partial charge in [-0.25, -0.2) is 0 Å². The summed E-state index contributed by atoms with van der Waals surface area (Å²) in [5.74, 6) is -0.260. The third kappa shape index (κ3) is 6.76. The van der Waals surface area contributed by atoms with Crippen LogP contribution in [0.25, 0.3) is 0 Å². The van der Waals surface area contributed by atoms with Crippen LogP contribution in [0.4, 0.5) is 5.69 Å². The predicted molar refractivity (Wildman–Crippen MR) is 81.1 cm³/mol. The van der Waals surface area contributed by atoms with Crippen LogP contribution in [0.1, 0.15) is 39.7 Å². The van der Waals surface area contributed by atoms with Crippen LogP contribution in [0, 0.1) is 10.1 Å². The molecular formula is C15H22N2O4. The van der Waals surface area contributed by atoms with Crippen LogP contribution in [0.2, 0.25) is 0 Å². The van der Waals surface area contributed by atoms with Crippen LogP contribution in [0.15, 0.2) is 24.3 Å². The van der Waals surface area contributed by atoms with Gasteiger partial charge in [0.05, 0.1) is 11.0 Å². The molecule has 0 fully saturated rings. The number of nitro benzene ring substituents is 1. The number of Topliss-reactive ketones (excluding diaryl/α,β-unsaturated/α-hetero) is 2. The van der Waals surface area contributed by atoms with Crippen molar-refractivity contribution >= 4 is 17.3 Å². The average molecular weight is 294 g/mol. The number of benzene rings is 1. The number of nitrogens with zero attached hydrogens (tertiary/aromatic N) is 1. The highest BCUT2D eigenvalue weighted by Gasteiger charge is 2.18. The lowest BCUT2D eigenvalue weighted by Crippen LogP contribution is -2.36. The Morgan fingerprint density at radius 2 is 1.81 bits per heavy atom. The fraction of sp³-hybridized carbons (Fsp3) is 0.467. The molecule has 1 N–H and O–H groups in total. The molecule has 21 heavy (non-hydrogen) atoms. The molecule has 0 aromatic heterocycles. The summed E-state index contributed by atoms with van der Waals surface area (Å²) in [5, 5.41) is 13.7. The lowest BCUT2D eigenvalue weighted by atomic mass is 10.1. The quantitative estimate of drug-likeness (QED) is 0.616. The normalized spacial score (nSPS) is 11.0. The highest BCUT2D eigenvalue weighted by atomic mass is 16.6. The molecule has 1 rings (SSSR count). The topological polar surface area (TPSA) is 89.3 Å². The summed E-state index contributed by atoms with van der Waals surface area (Å²) >= 11 is 0. The molecule has 116 valence electrons. The van der Waals surface area contributed by atoms with Crippen molar-refractivity contribution in [3.63, 3.8) is 0 Å². The third-order valence-electron chi connectivity index (χ3n) is 2.71. The summed E-state index contributed by atoms with van der Waals surface area (Å²) in [4.78, 5) is 32.8. The summed E-state index contributed by atoms with van der Waals surface area (Å²) in [5.41, 5.74) is 0.488. The van der Waals surface area contributed by atoms with Gasteiger partial charge in [0.1, 0.15) is 11.6 Å². The minimum absolute atomic E-state index is 0.000118. The molecule has 0 aliphatic carbocycles. The van der Waals surface area contributed by atoms with Crippen molar-refractivity contribution in [3.05, 3.63) is 39.9 Å². The number of ketones is 2. The molecule has 6 nitrogen and oxygen atoms in total. The molecule has 0 saturated carbocycles. The number of hydrogen-bond acceptors (Lipinski definition) is 5. The molecule has 1 unspecified atom stereocenters. The lowest BCUT2D eigenvalue weighted by molar-refractivity contribution is -0.385. The van der Waals surface area contributed by atoms with E-state index in [1.165, 1.54) is 19.9 Å². The first-order valence-electron chi connectivity index (χ1n) is 6.87. The Balaban J connectivity index is 0.00000191. The standard InChI is InChI=1S/C13H16N2O4.C2H6/c1-9(16)7-12(10(2)17)14-8-11-5-3-4-6-13(11)15(18)19;1-2/h3-6,12,14H,7-8H2,1-2H3;1-2H3. The molecule has 0 aliphatic rings. The van der Waals surface area contributed by atoms with Crippen LogP contribution in [0.3, 0.4) is 0 Å². The molecule has 0 radical (unpaired) electrons. The van der Waals surface area contributed by atoms with Crippen molar-refractivity contribution in [1.29, 1.82) is 0 Å². The summed E-state index contributed by atoms with van der Waals surface area (Å²) in [6.07, 6.45) is 0.0932. The smallest absolute Gasteiger partial charge is 0.273 e. The molecule has 0 bridgehead atoms. The van der Waals surface area contributed by atoms with Crippen molar-refractivity contribution in [2.24, 2.45) is 0 Å². The molecular weight excluding hydrogens is 272 g/mol. The maximum absolute atomic E-state index is 11.4. The highest BCUT2D eigenvalue weighted by Crippen LogP contribution is 2.17. The number of para-hydroxylation sites is 1. The van der Waals surface area contributed by atoms with E-state index in [2.05, 4.69) is 5.32 Å². The Morgan fingerprint density at radius 1 is 1.24 bits per heavy atom. The third-order valence-corrected chi connectivity index (χ3v) is 2.71. The van der Waals surface area contributed by atoms with Crippen molar-refractivity contribution in [2.75, 3.05) is 0 Å². The van der Waals surface area contributed by atoms with Crippen molar-refractivity contribution in [1.82, 2.24) is 5.32 Å². The average Bonchev–Trinajstić information content (AvgIpc) is 2.45. The van der Waals surface area contributed by atoms with E-state index < -0.39 is 11.0 Å². The number of nitrogens with one attached hydrogen (secondary N) is 1. The van der Waals surface area contributed by atoms with Crippen LogP contribution in [-0.2, 0) is 16.1 Å². The second-order valence-corrected chi connectivity index (χ2v) is 4.34. The summed E-state index contributed by atoms with van der Waals surface area (Å²) < 4.78 is 0. The van der Waals surface area contributed by atoms with Gasteiger partial charge in [-0.05, 0) is 13.8 Å². The predicted octanol–water partition coefficient (Wildman–Crippen LogP) is 2.65. The number of nitro groups is 1. The van der Waals surface area contributed by atoms with Crippen LogP contribution in [0.5, 0.6) is 0 Å². The summed E-state index contributed by atoms with van der Waals surface area (Å²) in [7, 11) is 0. The summed E-state index contributed by atoms with van der Waals surface area (Å²) in [6, 6.07) is 5.70. The number of rotatable bonds is 7. The number of carbonyl (C=O) groups excluding carboxylic acids is 2. The molecule has 0 heterocycles. The Labute approximate surface area is 124 Å². The second-order valence-electron chi connectivity index (χ2n) is 4.34. The van der Waals surface area contributed by atoms with Gasteiger partial charge in [-0.2, -0.15) is 0 Å². The fourth-order valence-corrected chi connectivity index (χ4v) is 1.72. The lowest BCUT2D eigenvalue weighted by Gasteiger charge is -2.14. The van der Waals surface area contributed by atoms with E-state index in [9.17, 15) is 19.7 Å². The first-order valence-corrected chi connectivity index (χ1v) is 6.87. The van der Waals surface area contributed by atoms with Crippen LogP contribution in [-0.4, -0.2) is 22.5 Å². The van der Waals surface area contributed by atoms with E-state index in [4.69, 9.17) is 0 Å². The molecule has 0 aliphatic heterocycles. The second kappa shape index (κ2) is 9.77. The largest absolute Gasteiger partial charge is 0.303 e. The Morgan fingerprint density at radius 3 is 2.29 bits per heavy atom. The molecule has 1 aromatic rings. The van der Waals surface area contributed by atoms with E-state index in [1.54, 1.807) is 18.2 Å². The van der Waals surface area contributed by atoms with E-state index in [0.29, 0.717) is 5.56 Å². The first kappa shape index (κ1) is 18.9. The Kier molecular flexibility index (Phi) is 8.80. The maximum Gasteiger partial charge on any atom is 0.273 e. The van der Waals surface area contributed by atoms with Gasteiger partial charge in [0, 0.05) is 24.6 Å². The maximum atomic E-state index is 11.4. The van der Waals surface area contributed by atoms with Gasteiger partial charge in [-0.15, -0.1) is 0 Å². The SMILES string of the molecule is CC.CC(=O)CC(NCc1ccccc1[N+](=O)[O-])C(C)=O. The van der Waals surface area contributed by atoms with Gasteiger partial charge in [0.2, 0.25) is 0 Å². The molecule has 6 heteroatoms. The van der Waals surface area contributed by atoms with Gasteiger partial charge in [-0.3, -0.25) is 19.7 Å². The van der Waals surface area contributed by atoms with Gasteiger partial charge in [-0.1, -0.05) is 32.0 Å². The van der Waals surface area contributed by atoms with Gasteiger partial charge < -0.3 is 5.32 Å².